The summed E-state index contributed by atoms with van der Waals surface area (Å²) in [5, 5.41) is 0. The fraction of sp³-hybridized carbons (Fsp3) is 0.235. The molecule has 2 nitrogen and oxygen atoms in total. The van der Waals surface area contributed by atoms with Crippen LogP contribution >= 0.6 is 0 Å². The Hall–Kier alpha value is -2.09. The van der Waals surface area contributed by atoms with E-state index in [0.717, 1.165) is 18.5 Å². The van der Waals surface area contributed by atoms with Gasteiger partial charge in [0.25, 0.3) is 0 Å². The van der Waals surface area contributed by atoms with Crippen molar-refractivity contribution in [3.63, 3.8) is 0 Å². The lowest BCUT2D eigenvalue weighted by atomic mass is 10.1. The number of aryl methyl sites for hydroxylation is 1. The zero-order valence-electron chi connectivity index (χ0n) is 11.1. The van der Waals surface area contributed by atoms with Gasteiger partial charge in [-0.3, -0.25) is 4.79 Å². The summed E-state index contributed by atoms with van der Waals surface area (Å²) in [7, 11) is 2.09. The third-order valence-electron chi connectivity index (χ3n) is 3.71. The molecule has 2 heteroatoms. The molecule has 0 atom stereocenters. The number of hydrogen-bond donors (Lipinski definition) is 0. The van der Waals surface area contributed by atoms with Crippen molar-refractivity contribution in [1.29, 1.82) is 0 Å². The van der Waals surface area contributed by atoms with Gasteiger partial charge in [-0.1, -0.05) is 30.3 Å². The fourth-order valence-corrected chi connectivity index (χ4v) is 2.63. The van der Waals surface area contributed by atoms with Gasteiger partial charge in [-0.25, -0.2) is 0 Å². The van der Waals surface area contributed by atoms with Crippen molar-refractivity contribution in [3.8, 4) is 0 Å². The Morgan fingerprint density at radius 3 is 2.63 bits per heavy atom. The molecule has 0 N–H and O–H groups in total. The fourth-order valence-electron chi connectivity index (χ4n) is 2.63. The molecule has 0 unspecified atom stereocenters. The van der Waals surface area contributed by atoms with Crippen LogP contribution in [0.5, 0.6) is 0 Å². The summed E-state index contributed by atoms with van der Waals surface area (Å²) < 4.78 is 0. The summed E-state index contributed by atoms with van der Waals surface area (Å²) in [6, 6.07) is 16.6. The first kappa shape index (κ1) is 12.0. The van der Waals surface area contributed by atoms with E-state index in [1.54, 1.807) is 0 Å². The topological polar surface area (TPSA) is 20.3 Å². The van der Waals surface area contributed by atoms with Crippen LogP contribution in [-0.4, -0.2) is 12.8 Å². The summed E-state index contributed by atoms with van der Waals surface area (Å²) in [6.07, 6.45) is 1.56. The first-order chi connectivity index (χ1) is 9.24. The predicted molar refractivity (Wildman–Crippen MR) is 77.6 cm³/mol. The Balaban J connectivity index is 1.81. The number of nitrogens with zero attached hydrogens (tertiary/aromatic N) is 1. The highest BCUT2D eigenvalue weighted by Crippen LogP contribution is 2.27. The lowest BCUT2D eigenvalue weighted by Gasteiger charge is -2.20. The Morgan fingerprint density at radius 2 is 1.84 bits per heavy atom. The lowest BCUT2D eigenvalue weighted by molar-refractivity contribution is 0.0994. The Bertz CT molecular complexity index is 604. The van der Waals surface area contributed by atoms with Gasteiger partial charge in [0, 0.05) is 31.3 Å². The Kier molecular flexibility index (Phi) is 3.08. The molecule has 3 rings (SSSR count). The first-order valence-corrected chi connectivity index (χ1v) is 6.65. The largest absolute Gasteiger partial charge is 0.370 e. The van der Waals surface area contributed by atoms with Gasteiger partial charge in [-0.2, -0.15) is 0 Å². The molecular weight excluding hydrogens is 234 g/mol. The quantitative estimate of drug-likeness (QED) is 0.832. The van der Waals surface area contributed by atoms with Crippen LogP contribution < -0.4 is 4.90 Å². The third kappa shape index (κ3) is 2.39. The zero-order chi connectivity index (χ0) is 13.2. The highest BCUT2D eigenvalue weighted by Gasteiger charge is 2.19. The van der Waals surface area contributed by atoms with Gasteiger partial charge in [0.2, 0.25) is 0 Å². The number of rotatable bonds is 3. The van der Waals surface area contributed by atoms with E-state index in [9.17, 15) is 4.79 Å². The smallest absolute Gasteiger partial charge is 0.163 e. The summed E-state index contributed by atoms with van der Waals surface area (Å²) in [6.45, 7) is 0.883. The molecule has 0 bridgehead atoms. The second-order valence-corrected chi connectivity index (χ2v) is 5.11. The first-order valence-electron chi connectivity index (χ1n) is 6.65. The van der Waals surface area contributed by atoms with E-state index in [1.807, 2.05) is 18.2 Å². The van der Waals surface area contributed by atoms with Gasteiger partial charge in [-0.15, -0.1) is 0 Å². The summed E-state index contributed by atoms with van der Waals surface area (Å²) >= 11 is 0. The van der Waals surface area contributed by atoms with Crippen LogP contribution in [0, 0.1) is 0 Å². The predicted octanol–water partition coefficient (Wildman–Crippen LogP) is 3.45. The molecule has 0 spiro atoms. The molecule has 2 aromatic rings. The van der Waals surface area contributed by atoms with Crippen molar-refractivity contribution in [1.82, 2.24) is 0 Å². The van der Waals surface area contributed by atoms with Crippen molar-refractivity contribution in [3.05, 3.63) is 65.2 Å². The maximum absolute atomic E-state index is 11.6. The van der Waals surface area contributed by atoms with Crippen LogP contribution in [0.1, 0.15) is 27.9 Å². The molecule has 2 aromatic carbocycles. The van der Waals surface area contributed by atoms with Gasteiger partial charge in [-0.05, 0) is 35.7 Å². The van der Waals surface area contributed by atoms with E-state index in [-0.39, 0.29) is 5.78 Å². The average Bonchev–Trinajstić information content (AvgIpc) is 2.81. The SMILES string of the molecule is CN(Cc1ccccc1)c1ccc2c(c1)CCC2=O. The van der Waals surface area contributed by atoms with Crippen molar-refractivity contribution in [2.45, 2.75) is 19.4 Å². The van der Waals surface area contributed by atoms with Gasteiger partial charge in [0.1, 0.15) is 0 Å². The molecule has 0 aliphatic heterocycles. The van der Waals surface area contributed by atoms with E-state index in [4.69, 9.17) is 0 Å². The van der Waals surface area contributed by atoms with Crippen LogP contribution in [0.2, 0.25) is 0 Å². The number of fused-ring (bicyclic) bond motifs is 1. The molecule has 1 aliphatic carbocycles. The van der Waals surface area contributed by atoms with Crippen molar-refractivity contribution in [2.75, 3.05) is 11.9 Å². The molecule has 0 fully saturated rings. The van der Waals surface area contributed by atoms with Crippen LogP contribution in [0.25, 0.3) is 0 Å². The monoisotopic (exact) mass is 251 g/mol. The van der Waals surface area contributed by atoms with Gasteiger partial charge >= 0.3 is 0 Å². The number of Topliss-reactive ketones (excluding diaryl/α,β-unsaturated/α-hetero) is 1. The number of ketones is 1. The number of carbonyl (C=O) groups excluding carboxylic acids is 1. The summed E-state index contributed by atoms with van der Waals surface area (Å²) in [5.74, 6) is 0.285. The second-order valence-electron chi connectivity index (χ2n) is 5.11. The second kappa shape index (κ2) is 4.88. The van der Waals surface area contributed by atoms with E-state index in [0.29, 0.717) is 6.42 Å². The Labute approximate surface area is 113 Å². The van der Waals surface area contributed by atoms with E-state index in [1.165, 1.54) is 16.8 Å². The molecule has 0 saturated carbocycles. The van der Waals surface area contributed by atoms with Crippen LogP contribution in [-0.2, 0) is 13.0 Å². The molecule has 0 aromatic heterocycles. The maximum Gasteiger partial charge on any atom is 0.163 e. The van der Waals surface area contributed by atoms with Gasteiger partial charge in [0.15, 0.2) is 5.78 Å². The average molecular weight is 251 g/mol. The minimum Gasteiger partial charge on any atom is -0.370 e. The Morgan fingerprint density at radius 1 is 1.05 bits per heavy atom. The molecule has 0 saturated heterocycles. The highest BCUT2D eigenvalue weighted by molar-refractivity contribution is 6.00. The summed E-state index contributed by atoms with van der Waals surface area (Å²) in [5.41, 5.74) is 4.58. The van der Waals surface area contributed by atoms with Crippen LogP contribution in [0.15, 0.2) is 48.5 Å². The maximum atomic E-state index is 11.6. The van der Waals surface area contributed by atoms with E-state index < -0.39 is 0 Å². The van der Waals surface area contributed by atoms with Crippen molar-refractivity contribution < 1.29 is 4.79 Å². The summed E-state index contributed by atoms with van der Waals surface area (Å²) in [4.78, 5) is 13.8. The van der Waals surface area contributed by atoms with Crippen molar-refractivity contribution >= 4 is 11.5 Å². The number of benzene rings is 2. The van der Waals surface area contributed by atoms with Gasteiger partial charge < -0.3 is 4.90 Å². The molecule has 1 aliphatic rings. The van der Waals surface area contributed by atoms with Crippen molar-refractivity contribution in [2.24, 2.45) is 0 Å². The molecule has 0 heterocycles. The molecule has 0 radical (unpaired) electrons. The molecule has 96 valence electrons. The third-order valence-corrected chi connectivity index (χ3v) is 3.71. The van der Waals surface area contributed by atoms with Crippen LogP contribution in [0.3, 0.4) is 0 Å². The minimum atomic E-state index is 0.285. The normalized spacial score (nSPS) is 13.4. The number of hydrogen-bond acceptors (Lipinski definition) is 2. The molecular formula is C17H17NO. The molecule has 0 amide bonds. The van der Waals surface area contributed by atoms with Gasteiger partial charge in [0.05, 0.1) is 0 Å². The molecule has 19 heavy (non-hydrogen) atoms. The zero-order valence-corrected chi connectivity index (χ0v) is 11.1. The number of anilines is 1. The number of carbonyl (C=O) groups is 1. The van der Waals surface area contributed by atoms with Crippen LogP contribution in [0.4, 0.5) is 5.69 Å². The van der Waals surface area contributed by atoms with E-state index >= 15 is 0 Å². The van der Waals surface area contributed by atoms with E-state index in [2.05, 4.69) is 42.3 Å². The lowest BCUT2D eigenvalue weighted by Crippen LogP contribution is -2.16. The minimum absolute atomic E-state index is 0.285. The highest BCUT2D eigenvalue weighted by atomic mass is 16.1. The standard InChI is InChI=1S/C17H17NO/c1-18(12-13-5-3-2-4-6-13)15-8-9-16-14(11-15)7-10-17(16)19/h2-6,8-9,11H,7,10,12H2,1H3.